The van der Waals surface area contributed by atoms with Gasteiger partial charge in [-0.3, -0.25) is 4.79 Å². The highest BCUT2D eigenvalue weighted by Crippen LogP contribution is 2.29. The van der Waals surface area contributed by atoms with Crippen LogP contribution < -0.4 is 10.2 Å². The number of carbonyl (C=O) groups is 1. The zero-order valence-corrected chi connectivity index (χ0v) is 15.8. The number of benzene rings is 1. The molecule has 1 atom stereocenters. The van der Waals surface area contributed by atoms with E-state index in [0.29, 0.717) is 32.6 Å². The first-order valence-corrected chi connectivity index (χ1v) is 9.66. The molecule has 0 saturated carbocycles. The van der Waals surface area contributed by atoms with Crippen LogP contribution in [0.5, 0.6) is 0 Å². The smallest absolute Gasteiger partial charge is 0.382 e. The number of carbonyl (C=O) groups excluding carboxylic acids is 1. The molecule has 0 bridgehead atoms. The highest BCUT2D eigenvalue weighted by molar-refractivity contribution is 5.76. The van der Waals surface area contributed by atoms with E-state index in [9.17, 15) is 18.0 Å². The maximum atomic E-state index is 12.6. The van der Waals surface area contributed by atoms with Crippen molar-refractivity contribution in [3.8, 4) is 0 Å². The van der Waals surface area contributed by atoms with Crippen molar-refractivity contribution in [2.45, 2.75) is 31.5 Å². The normalized spacial score (nSPS) is 19.1. The van der Waals surface area contributed by atoms with Crippen molar-refractivity contribution in [2.75, 3.05) is 36.4 Å². The molecule has 1 amide bonds. The van der Waals surface area contributed by atoms with Gasteiger partial charge in [0.15, 0.2) is 0 Å². The van der Waals surface area contributed by atoms with E-state index >= 15 is 0 Å². The summed E-state index contributed by atoms with van der Waals surface area (Å²) < 4.78 is 37.9. The molecule has 6 nitrogen and oxygen atoms in total. The van der Waals surface area contributed by atoms with E-state index in [0.717, 1.165) is 30.9 Å². The molecule has 2 aliphatic heterocycles. The van der Waals surface area contributed by atoms with Crippen molar-refractivity contribution in [1.82, 2.24) is 14.9 Å². The summed E-state index contributed by atoms with van der Waals surface area (Å²) >= 11 is 0. The second-order valence-corrected chi connectivity index (χ2v) is 7.38. The van der Waals surface area contributed by atoms with E-state index in [4.69, 9.17) is 0 Å². The molecule has 0 radical (unpaired) electrons. The fraction of sp³-hybridized carbons (Fsp3) is 0.450. The number of hydrogen-bond donors (Lipinski definition) is 1. The van der Waals surface area contributed by atoms with Crippen LogP contribution in [0.15, 0.2) is 36.7 Å². The lowest BCUT2D eigenvalue weighted by Gasteiger charge is -2.35. The molecule has 2 aromatic rings. The Labute approximate surface area is 166 Å². The van der Waals surface area contributed by atoms with Gasteiger partial charge < -0.3 is 15.1 Å². The summed E-state index contributed by atoms with van der Waals surface area (Å²) in [4.78, 5) is 23.8. The Morgan fingerprint density at radius 1 is 1.10 bits per heavy atom. The molecule has 1 saturated heterocycles. The highest BCUT2D eigenvalue weighted by Gasteiger charge is 2.32. The van der Waals surface area contributed by atoms with E-state index < -0.39 is 11.7 Å². The number of rotatable bonds is 4. The van der Waals surface area contributed by atoms with Gasteiger partial charge in [-0.05, 0) is 24.5 Å². The monoisotopic (exact) mass is 405 g/mol. The third-order valence-electron chi connectivity index (χ3n) is 5.43. The minimum Gasteiger partial charge on any atom is -0.382 e. The molecule has 1 fully saturated rings. The second-order valence-electron chi connectivity index (χ2n) is 7.38. The molecule has 1 aromatic carbocycles. The van der Waals surface area contributed by atoms with Gasteiger partial charge in [0.2, 0.25) is 11.9 Å². The van der Waals surface area contributed by atoms with Crippen LogP contribution in [0.1, 0.15) is 24.0 Å². The number of anilines is 2. The number of hydrogen-bond acceptors (Lipinski definition) is 5. The van der Waals surface area contributed by atoms with E-state index in [-0.39, 0.29) is 17.9 Å². The topological polar surface area (TPSA) is 61.4 Å². The van der Waals surface area contributed by atoms with E-state index in [1.807, 2.05) is 17.0 Å². The Kier molecular flexibility index (Phi) is 5.29. The minimum absolute atomic E-state index is 0.107. The predicted molar refractivity (Wildman–Crippen MR) is 103 cm³/mol. The predicted octanol–water partition coefficient (Wildman–Crippen LogP) is 2.96. The fourth-order valence-corrected chi connectivity index (χ4v) is 3.79. The molecule has 1 N–H and O–H groups in total. The third kappa shape index (κ3) is 4.44. The van der Waals surface area contributed by atoms with Crippen LogP contribution >= 0.6 is 0 Å². The van der Waals surface area contributed by atoms with E-state index in [1.165, 1.54) is 5.56 Å². The molecule has 9 heteroatoms. The van der Waals surface area contributed by atoms with Gasteiger partial charge in [-0.15, -0.1) is 0 Å². The number of aromatic nitrogens is 2. The highest BCUT2D eigenvalue weighted by atomic mass is 19.4. The Balaban J connectivity index is 1.24. The lowest BCUT2D eigenvalue weighted by Crippen LogP contribution is -2.49. The van der Waals surface area contributed by atoms with Gasteiger partial charge in [0.25, 0.3) is 0 Å². The molecular weight excluding hydrogens is 383 g/mol. The summed E-state index contributed by atoms with van der Waals surface area (Å²) in [6, 6.07) is 8.46. The molecule has 154 valence electrons. The first kappa shape index (κ1) is 19.5. The molecule has 4 rings (SSSR count). The van der Waals surface area contributed by atoms with Crippen LogP contribution in [0.25, 0.3) is 0 Å². The number of nitrogens with one attached hydrogen (secondary N) is 1. The Morgan fingerprint density at radius 3 is 2.45 bits per heavy atom. The summed E-state index contributed by atoms with van der Waals surface area (Å²) in [5.74, 6) is 0.369. The van der Waals surface area contributed by atoms with Gasteiger partial charge in [0.05, 0.1) is 5.56 Å². The number of nitrogens with zero attached hydrogens (tertiary/aromatic N) is 4. The number of amides is 1. The summed E-state index contributed by atoms with van der Waals surface area (Å²) in [5.41, 5.74) is 1.57. The van der Waals surface area contributed by atoms with E-state index in [2.05, 4.69) is 27.4 Å². The van der Waals surface area contributed by atoms with Crippen LogP contribution in [-0.4, -0.2) is 53.0 Å². The first-order chi connectivity index (χ1) is 13.9. The first-order valence-electron chi connectivity index (χ1n) is 9.66. The SMILES string of the molecule is O=C(CCC1Cc2ccccc2N1)N1CCN(c2ncc(C(F)(F)F)cn2)CC1. The quantitative estimate of drug-likeness (QED) is 0.848. The van der Waals surface area contributed by atoms with Gasteiger partial charge >= 0.3 is 6.18 Å². The zero-order chi connectivity index (χ0) is 20.4. The summed E-state index contributed by atoms with van der Waals surface area (Å²) in [7, 11) is 0. The van der Waals surface area contributed by atoms with Crippen molar-refractivity contribution in [1.29, 1.82) is 0 Å². The average Bonchev–Trinajstić information content (AvgIpc) is 3.15. The molecule has 29 heavy (non-hydrogen) atoms. The summed E-state index contributed by atoms with van der Waals surface area (Å²) in [6.07, 6.45) is -0.668. The van der Waals surface area contributed by atoms with Gasteiger partial charge in [0.1, 0.15) is 0 Å². The maximum Gasteiger partial charge on any atom is 0.419 e. The Bertz CT molecular complexity index is 838. The van der Waals surface area contributed by atoms with Gasteiger partial charge in [0, 0.05) is 56.7 Å². The lowest BCUT2D eigenvalue weighted by atomic mass is 10.1. The molecule has 3 heterocycles. The van der Waals surface area contributed by atoms with Crippen LogP contribution in [-0.2, 0) is 17.4 Å². The molecule has 1 aromatic heterocycles. The van der Waals surface area contributed by atoms with Crippen molar-refractivity contribution in [3.63, 3.8) is 0 Å². The number of piperazine rings is 1. The van der Waals surface area contributed by atoms with Gasteiger partial charge in [-0.2, -0.15) is 13.2 Å². The van der Waals surface area contributed by atoms with Crippen LogP contribution in [0.4, 0.5) is 24.8 Å². The average molecular weight is 405 g/mol. The minimum atomic E-state index is -4.45. The fourth-order valence-electron chi connectivity index (χ4n) is 3.79. The molecule has 1 unspecified atom stereocenters. The Hall–Kier alpha value is -2.84. The Morgan fingerprint density at radius 2 is 1.79 bits per heavy atom. The van der Waals surface area contributed by atoms with Gasteiger partial charge in [-0.1, -0.05) is 18.2 Å². The largest absolute Gasteiger partial charge is 0.419 e. The number of fused-ring (bicyclic) bond motifs is 1. The van der Waals surface area contributed by atoms with Crippen LogP contribution in [0, 0.1) is 0 Å². The number of para-hydroxylation sites is 1. The van der Waals surface area contributed by atoms with Crippen molar-refractivity contribution >= 4 is 17.5 Å². The molecule has 0 aliphatic carbocycles. The van der Waals surface area contributed by atoms with Crippen LogP contribution in [0.2, 0.25) is 0 Å². The van der Waals surface area contributed by atoms with E-state index in [1.54, 1.807) is 4.90 Å². The molecule has 0 spiro atoms. The number of halogens is 3. The number of alkyl halides is 3. The standard InChI is InChI=1S/C20H22F3N5O/c21-20(22,23)15-12-24-19(25-13-15)28-9-7-27(8-10-28)18(29)6-5-16-11-14-3-1-2-4-17(14)26-16/h1-4,12-13,16,26H,5-11H2. The third-order valence-corrected chi connectivity index (χ3v) is 5.43. The second kappa shape index (κ2) is 7.88. The summed E-state index contributed by atoms with van der Waals surface area (Å²) in [6.45, 7) is 2.04. The maximum absolute atomic E-state index is 12.6. The molecule has 2 aliphatic rings. The lowest BCUT2D eigenvalue weighted by molar-refractivity contribution is -0.138. The van der Waals surface area contributed by atoms with Crippen molar-refractivity contribution in [2.24, 2.45) is 0 Å². The van der Waals surface area contributed by atoms with Gasteiger partial charge in [-0.25, -0.2) is 9.97 Å². The van der Waals surface area contributed by atoms with Crippen molar-refractivity contribution in [3.05, 3.63) is 47.8 Å². The zero-order valence-electron chi connectivity index (χ0n) is 15.8. The van der Waals surface area contributed by atoms with Crippen molar-refractivity contribution < 1.29 is 18.0 Å². The van der Waals surface area contributed by atoms with Crippen LogP contribution in [0.3, 0.4) is 0 Å². The summed E-state index contributed by atoms with van der Waals surface area (Å²) in [5, 5.41) is 3.46. The molecular formula is C20H22F3N5O.